The second kappa shape index (κ2) is 10.2. The van der Waals surface area contributed by atoms with Crippen molar-refractivity contribution in [1.82, 2.24) is 9.21 Å². The molecule has 7 nitrogen and oxygen atoms in total. The van der Waals surface area contributed by atoms with Crippen molar-refractivity contribution in [2.24, 2.45) is 0 Å². The predicted octanol–water partition coefficient (Wildman–Crippen LogP) is 3.25. The van der Waals surface area contributed by atoms with E-state index < -0.39 is 10.0 Å². The number of amides is 1. The number of anilines is 1. The summed E-state index contributed by atoms with van der Waals surface area (Å²) >= 11 is 0. The molecule has 2 aromatic carbocycles. The minimum absolute atomic E-state index is 0.150. The van der Waals surface area contributed by atoms with Gasteiger partial charge in [0.1, 0.15) is 0 Å². The number of hydrogen-bond donors (Lipinski definition) is 0. The summed E-state index contributed by atoms with van der Waals surface area (Å²) in [6.45, 7) is 8.78. The number of carbonyl (C=O) groups is 1. The zero-order valence-corrected chi connectivity index (χ0v) is 19.7. The molecule has 0 saturated carbocycles. The van der Waals surface area contributed by atoms with E-state index in [1.165, 1.54) is 10.4 Å². The second-order valence-corrected chi connectivity index (χ2v) is 9.77. The second-order valence-electron chi connectivity index (χ2n) is 7.86. The first kappa shape index (κ1) is 23.8. The molecule has 0 spiro atoms. The standard InChI is InChI=1S/C24H30N4O3S/c1-4-28(5-2)32(30,31)23-17-21(10-7-19(23)3)24(29)27-14-6-13-26(15-16-27)22-11-8-20(18-25)9-12-22/h7-12,17H,4-6,13-16H2,1-3H3. The predicted molar refractivity (Wildman–Crippen MR) is 125 cm³/mol. The van der Waals surface area contributed by atoms with Gasteiger partial charge >= 0.3 is 0 Å². The van der Waals surface area contributed by atoms with E-state index in [0.29, 0.717) is 49.4 Å². The zero-order chi connectivity index (χ0) is 23.3. The Bertz CT molecular complexity index is 1100. The van der Waals surface area contributed by atoms with E-state index in [4.69, 9.17) is 5.26 Å². The van der Waals surface area contributed by atoms with Gasteiger partial charge in [-0.2, -0.15) is 9.57 Å². The van der Waals surface area contributed by atoms with Crippen molar-refractivity contribution in [1.29, 1.82) is 5.26 Å². The fourth-order valence-electron chi connectivity index (χ4n) is 4.02. The molecule has 1 aliphatic rings. The van der Waals surface area contributed by atoms with E-state index in [0.717, 1.165) is 18.7 Å². The fraction of sp³-hybridized carbons (Fsp3) is 0.417. The van der Waals surface area contributed by atoms with Crippen LogP contribution in [0.1, 0.15) is 41.8 Å². The molecular weight excluding hydrogens is 424 g/mol. The van der Waals surface area contributed by atoms with Crippen molar-refractivity contribution in [2.75, 3.05) is 44.2 Å². The van der Waals surface area contributed by atoms with Crippen LogP contribution in [0, 0.1) is 18.3 Å². The smallest absolute Gasteiger partial charge is 0.253 e. The maximum Gasteiger partial charge on any atom is 0.253 e. The highest BCUT2D eigenvalue weighted by molar-refractivity contribution is 7.89. The number of hydrogen-bond acceptors (Lipinski definition) is 5. The molecule has 3 rings (SSSR count). The molecule has 0 aliphatic carbocycles. The number of benzene rings is 2. The van der Waals surface area contributed by atoms with E-state index in [9.17, 15) is 13.2 Å². The maximum absolute atomic E-state index is 13.2. The zero-order valence-electron chi connectivity index (χ0n) is 18.9. The summed E-state index contributed by atoms with van der Waals surface area (Å²) in [5, 5.41) is 8.99. The van der Waals surface area contributed by atoms with Crippen LogP contribution in [0.15, 0.2) is 47.4 Å². The molecule has 0 unspecified atom stereocenters. The Morgan fingerprint density at radius 2 is 1.72 bits per heavy atom. The molecule has 2 aromatic rings. The topological polar surface area (TPSA) is 84.7 Å². The van der Waals surface area contributed by atoms with Gasteiger partial charge in [-0.15, -0.1) is 0 Å². The summed E-state index contributed by atoms with van der Waals surface area (Å²) in [7, 11) is -3.64. The Hall–Kier alpha value is -2.89. The monoisotopic (exact) mass is 454 g/mol. The van der Waals surface area contributed by atoms with Crippen LogP contribution in [0.4, 0.5) is 5.69 Å². The van der Waals surface area contributed by atoms with Crippen LogP contribution in [-0.2, 0) is 10.0 Å². The van der Waals surface area contributed by atoms with E-state index in [2.05, 4.69) is 11.0 Å². The van der Waals surface area contributed by atoms with E-state index in [1.807, 2.05) is 26.0 Å². The van der Waals surface area contributed by atoms with Gasteiger partial charge in [0.2, 0.25) is 10.0 Å². The number of sulfonamides is 1. The third kappa shape index (κ3) is 4.95. The van der Waals surface area contributed by atoms with Crippen molar-refractivity contribution in [2.45, 2.75) is 32.1 Å². The Morgan fingerprint density at radius 3 is 2.34 bits per heavy atom. The van der Waals surface area contributed by atoms with Crippen LogP contribution in [0.25, 0.3) is 0 Å². The molecule has 8 heteroatoms. The molecule has 1 aliphatic heterocycles. The van der Waals surface area contributed by atoms with Gasteiger partial charge in [0.05, 0.1) is 16.5 Å². The Balaban J connectivity index is 1.78. The van der Waals surface area contributed by atoms with E-state index in [1.54, 1.807) is 36.1 Å². The summed E-state index contributed by atoms with van der Waals surface area (Å²) in [6.07, 6.45) is 0.808. The highest BCUT2D eigenvalue weighted by Crippen LogP contribution is 2.23. The fourth-order valence-corrected chi connectivity index (χ4v) is 5.73. The van der Waals surface area contributed by atoms with Crippen LogP contribution < -0.4 is 4.90 Å². The average molecular weight is 455 g/mol. The first-order chi connectivity index (χ1) is 15.3. The molecule has 0 N–H and O–H groups in total. The highest BCUT2D eigenvalue weighted by atomic mass is 32.2. The number of aryl methyl sites for hydroxylation is 1. The minimum atomic E-state index is -3.64. The normalized spacial score (nSPS) is 14.8. The lowest BCUT2D eigenvalue weighted by molar-refractivity contribution is 0.0766. The van der Waals surface area contributed by atoms with Gasteiger partial charge < -0.3 is 9.80 Å². The Labute approximate surface area is 190 Å². The van der Waals surface area contributed by atoms with E-state index >= 15 is 0 Å². The van der Waals surface area contributed by atoms with Gasteiger partial charge in [-0.05, 0) is 55.3 Å². The third-order valence-corrected chi connectivity index (χ3v) is 8.09. The minimum Gasteiger partial charge on any atom is -0.370 e. The number of carbonyl (C=O) groups excluding carboxylic acids is 1. The molecule has 0 bridgehead atoms. The molecule has 0 aromatic heterocycles. The average Bonchev–Trinajstić information content (AvgIpc) is 3.06. The van der Waals surface area contributed by atoms with Gasteiger partial charge in [0, 0.05) is 50.5 Å². The van der Waals surface area contributed by atoms with Gasteiger partial charge in [-0.25, -0.2) is 8.42 Å². The van der Waals surface area contributed by atoms with Crippen molar-refractivity contribution in [3.63, 3.8) is 0 Å². The largest absolute Gasteiger partial charge is 0.370 e. The molecule has 32 heavy (non-hydrogen) atoms. The van der Waals surface area contributed by atoms with Gasteiger partial charge in [-0.3, -0.25) is 4.79 Å². The van der Waals surface area contributed by atoms with Crippen molar-refractivity contribution >= 4 is 21.6 Å². The Morgan fingerprint density at radius 1 is 1.03 bits per heavy atom. The number of rotatable bonds is 6. The van der Waals surface area contributed by atoms with Gasteiger partial charge in [0.25, 0.3) is 5.91 Å². The molecule has 1 saturated heterocycles. The van der Waals surface area contributed by atoms with Crippen molar-refractivity contribution in [3.05, 3.63) is 59.2 Å². The summed E-state index contributed by atoms with van der Waals surface area (Å²) in [5.74, 6) is -0.150. The summed E-state index contributed by atoms with van der Waals surface area (Å²) in [5.41, 5.74) is 2.68. The quantitative estimate of drug-likeness (QED) is 0.669. The number of nitriles is 1. The molecule has 1 amide bonds. The van der Waals surface area contributed by atoms with Crippen molar-refractivity contribution < 1.29 is 13.2 Å². The summed E-state index contributed by atoms with van der Waals surface area (Å²) in [4.78, 5) is 17.4. The van der Waals surface area contributed by atoms with Gasteiger partial charge in [0.15, 0.2) is 0 Å². The Kier molecular flexibility index (Phi) is 7.54. The van der Waals surface area contributed by atoms with E-state index in [-0.39, 0.29) is 10.8 Å². The molecular formula is C24H30N4O3S. The molecule has 170 valence electrons. The van der Waals surface area contributed by atoms with Crippen LogP contribution in [0.3, 0.4) is 0 Å². The lowest BCUT2D eigenvalue weighted by Gasteiger charge is -2.24. The highest BCUT2D eigenvalue weighted by Gasteiger charge is 2.26. The molecule has 0 atom stereocenters. The maximum atomic E-state index is 13.2. The third-order valence-electron chi connectivity index (χ3n) is 5.90. The SMILES string of the molecule is CCN(CC)S(=O)(=O)c1cc(C(=O)N2CCCN(c3ccc(C#N)cc3)CC2)ccc1C. The lowest BCUT2D eigenvalue weighted by atomic mass is 10.1. The molecule has 0 radical (unpaired) electrons. The molecule has 1 heterocycles. The first-order valence-corrected chi connectivity index (χ1v) is 12.4. The number of nitrogens with zero attached hydrogens (tertiary/aromatic N) is 4. The van der Waals surface area contributed by atoms with Crippen LogP contribution in [-0.4, -0.2) is 62.8 Å². The van der Waals surface area contributed by atoms with Crippen LogP contribution >= 0.6 is 0 Å². The lowest BCUT2D eigenvalue weighted by Crippen LogP contribution is -2.35. The summed E-state index contributed by atoms with van der Waals surface area (Å²) < 4.78 is 27.5. The van der Waals surface area contributed by atoms with Crippen molar-refractivity contribution in [3.8, 4) is 6.07 Å². The van der Waals surface area contributed by atoms with Gasteiger partial charge in [-0.1, -0.05) is 19.9 Å². The van der Waals surface area contributed by atoms with Crippen LogP contribution in [0.5, 0.6) is 0 Å². The summed E-state index contributed by atoms with van der Waals surface area (Å²) in [6, 6.07) is 14.5. The first-order valence-electron chi connectivity index (χ1n) is 11.0. The van der Waals surface area contributed by atoms with Crippen LogP contribution in [0.2, 0.25) is 0 Å². The molecule has 1 fully saturated rings.